The lowest BCUT2D eigenvalue weighted by atomic mass is 10.1. The number of hydrogen-bond acceptors (Lipinski definition) is 7. The fraction of sp³-hybridized carbons (Fsp3) is 0.778. The number of rotatable bonds is 12. The van der Waals surface area contributed by atoms with E-state index in [9.17, 15) is 19.2 Å². The van der Waals surface area contributed by atoms with Gasteiger partial charge in [0, 0.05) is 19.5 Å². The van der Waals surface area contributed by atoms with Gasteiger partial charge in [-0.2, -0.15) is 0 Å². The van der Waals surface area contributed by atoms with Gasteiger partial charge >= 0.3 is 12.1 Å². The predicted molar refractivity (Wildman–Crippen MR) is 118 cm³/mol. The molecule has 3 amide bonds. The van der Waals surface area contributed by atoms with Crippen LogP contribution in [0.4, 0.5) is 4.79 Å². The van der Waals surface area contributed by atoms with Gasteiger partial charge in [0.1, 0.15) is 24.8 Å². The monoisotopic (exact) mass is 504 g/mol. The van der Waals surface area contributed by atoms with Gasteiger partial charge in [0.2, 0.25) is 15.6 Å². The van der Waals surface area contributed by atoms with Gasteiger partial charge in [-0.25, -0.2) is 4.79 Å². The molecule has 13 heteroatoms. The highest BCUT2D eigenvalue weighted by Crippen LogP contribution is 2.25. The van der Waals surface area contributed by atoms with Crippen LogP contribution in [0.2, 0.25) is 0 Å². The van der Waals surface area contributed by atoms with E-state index in [1.165, 1.54) is 0 Å². The minimum Gasteiger partial charge on any atom is -0.459 e. The Kier molecular flexibility index (Phi) is 13.8. The number of esters is 1. The number of alkyl carbamates (subject to hydrolysis) is 1. The maximum atomic E-state index is 12.4. The van der Waals surface area contributed by atoms with Crippen LogP contribution < -0.4 is 21.7 Å². The molecule has 0 aliphatic heterocycles. The largest absolute Gasteiger partial charge is 0.459 e. The second-order valence-electron chi connectivity index (χ2n) is 7.58. The molecule has 0 fully saturated rings. The fourth-order valence-electron chi connectivity index (χ4n) is 2.19. The summed E-state index contributed by atoms with van der Waals surface area (Å²) in [7, 11) is 0. The first-order valence-electron chi connectivity index (χ1n) is 9.70. The molecule has 0 spiro atoms. The number of ether oxygens (including phenoxy) is 2. The number of hydrogen-bond donors (Lipinski definition) is 4. The Labute approximate surface area is 197 Å². The van der Waals surface area contributed by atoms with E-state index in [0.29, 0.717) is 12.8 Å². The van der Waals surface area contributed by atoms with Gasteiger partial charge in [-0.15, -0.1) is 0 Å². The lowest BCUT2D eigenvalue weighted by molar-refractivity contribution is -0.154. The van der Waals surface area contributed by atoms with Crippen LogP contribution in [-0.4, -0.2) is 65.6 Å². The minimum atomic E-state index is -1.70. The molecule has 0 aromatic heterocycles. The molecular formula is C18H31Cl3N4O6. The van der Waals surface area contributed by atoms with E-state index in [4.69, 9.17) is 50.0 Å². The summed E-state index contributed by atoms with van der Waals surface area (Å²) in [5.74, 6) is -1.50. The number of nitrogens with one attached hydrogen (secondary N) is 3. The Morgan fingerprint density at radius 2 is 1.68 bits per heavy atom. The van der Waals surface area contributed by atoms with E-state index < -0.39 is 40.0 Å². The summed E-state index contributed by atoms with van der Waals surface area (Å²) in [6.45, 7) is 4.81. The first-order chi connectivity index (χ1) is 14.2. The Bertz CT molecular complexity index is 608. The number of amides is 3. The second kappa shape index (κ2) is 14.5. The van der Waals surface area contributed by atoms with Gasteiger partial charge in [-0.05, 0) is 40.0 Å². The minimum absolute atomic E-state index is 0.0620. The molecule has 1 atom stereocenters. The van der Waals surface area contributed by atoms with E-state index in [1.807, 2.05) is 0 Å². The Hall–Kier alpha value is -1.49. The topological polar surface area (TPSA) is 149 Å². The third-order valence-corrected chi connectivity index (χ3v) is 3.73. The summed E-state index contributed by atoms with van der Waals surface area (Å²) >= 11 is 16.4. The average Bonchev–Trinajstić information content (AvgIpc) is 2.61. The Balaban J connectivity index is 4.48. The number of unbranched alkanes of at least 4 members (excludes halogenated alkanes) is 1. The summed E-state index contributed by atoms with van der Waals surface area (Å²) in [5, 5.41) is 7.52. The van der Waals surface area contributed by atoms with Crippen LogP contribution in [0.15, 0.2) is 0 Å². The van der Waals surface area contributed by atoms with Crippen molar-refractivity contribution in [3.05, 3.63) is 0 Å². The predicted octanol–water partition coefficient (Wildman–Crippen LogP) is 1.54. The lowest BCUT2D eigenvalue weighted by Crippen LogP contribution is -2.48. The molecule has 180 valence electrons. The molecule has 0 heterocycles. The van der Waals surface area contributed by atoms with Crippen LogP contribution in [0.3, 0.4) is 0 Å². The van der Waals surface area contributed by atoms with Crippen molar-refractivity contribution in [1.29, 1.82) is 0 Å². The van der Waals surface area contributed by atoms with Crippen LogP contribution in [0.1, 0.15) is 46.5 Å². The molecule has 10 nitrogen and oxygen atoms in total. The highest BCUT2D eigenvalue weighted by molar-refractivity contribution is 6.67. The molecule has 0 saturated heterocycles. The smallest absolute Gasteiger partial charge is 0.407 e. The molecule has 5 N–H and O–H groups in total. The molecule has 0 aromatic rings. The normalized spacial score (nSPS) is 12.5. The third kappa shape index (κ3) is 17.8. The molecular weight excluding hydrogens is 475 g/mol. The van der Waals surface area contributed by atoms with Crippen LogP contribution in [-0.2, 0) is 23.9 Å². The van der Waals surface area contributed by atoms with Crippen LogP contribution in [0.5, 0.6) is 0 Å². The summed E-state index contributed by atoms with van der Waals surface area (Å²) in [6.07, 6.45) is 0.575. The summed E-state index contributed by atoms with van der Waals surface area (Å²) < 4.78 is 8.15. The first-order valence-corrected chi connectivity index (χ1v) is 10.8. The van der Waals surface area contributed by atoms with Gasteiger partial charge < -0.3 is 31.2 Å². The average molecular weight is 506 g/mol. The Morgan fingerprint density at radius 3 is 2.23 bits per heavy atom. The molecule has 0 aromatic carbocycles. The molecule has 31 heavy (non-hydrogen) atoms. The molecule has 0 saturated carbocycles. The van der Waals surface area contributed by atoms with E-state index >= 15 is 0 Å². The van der Waals surface area contributed by atoms with Crippen molar-refractivity contribution in [3.63, 3.8) is 0 Å². The van der Waals surface area contributed by atoms with E-state index in [0.717, 1.165) is 0 Å². The molecule has 0 aliphatic rings. The van der Waals surface area contributed by atoms with Crippen molar-refractivity contribution >= 4 is 58.7 Å². The van der Waals surface area contributed by atoms with Gasteiger partial charge in [0.05, 0.1) is 0 Å². The van der Waals surface area contributed by atoms with Gasteiger partial charge in [0.15, 0.2) is 0 Å². The summed E-state index contributed by atoms with van der Waals surface area (Å²) in [4.78, 5) is 47.5. The van der Waals surface area contributed by atoms with Crippen LogP contribution in [0, 0.1) is 0 Å². The van der Waals surface area contributed by atoms with Crippen LogP contribution in [0.25, 0.3) is 0 Å². The van der Waals surface area contributed by atoms with E-state index in [1.54, 1.807) is 20.8 Å². The molecule has 0 aliphatic carbocycles. The standard InChI is InChI=1S/C18H31Cl3N4O6/c1-17(2,3)31-14(27)10-24-15(28)12(25-13(26)7-8-22)6-4-5-9-23-16(29)30-11-18(19,20)21/h12H,4-11,22H2,1-3H3,(H,23,29)(H,24,28)(H,25,26)/t12-/m0/s1. The van der Waals surface area contributed by atoms with Crippen molar-refractivity contribution in [3.8, 4) is 0 Å². The maximum Gasteiger partial charge on any atom is 0.407 e. The summed E-state index contributed by atoms with van der Waals surface area (Å²) in [5.41, 5.74) is 4.68. The zero-order valence-electron chi connectivity index (χ0n) is 17.9. The lowest BCUT2D eigenvalue weighted by Gasteiger charge is -2.21. The van der Waals surface area contributed by atoms with Crippen LogP contribution >= 0.6 is 34.8 Å². The number of alkyl halides is 3. The molecule has 0 unspecified atom stereocenters. The number of halogens is 3. The molecule has 0 bridgehead atoms. The molecule has 0 radical (unpaired) electrons. The van der Waals surface area contributed by atoms with Gasteiger partial charge in [-0.1, -0.05) is 34.8 Å². The third-order valence-electron chi connectivity index (χ3n) is 3.41. The number of nitrogens with two attached hydrogens (primary N) is 1. The van der Waals surface area contributed by atoms with Crippen molar-refractivity contribution in [2.45, 2.75) is 61.9 Å². The number of carbonyl (C=O) groups is 4. The van der Waals surface area contributed by atoms with Crippen molar-refractivity contribution in [2.75, 3.05) is 26.2 Å². The number of carbonyl (C=O) groups excluding carboxylic acids is 4. The highest BCUT2D eigenvalue weighted by atomic mass is 35.6. The first kappa shape index (κ1) is 29.5. The zero-order chi connectivity index (χ0) is 24.1. The highest BCUT2D eigenvalue weighted by Gasteiger charge is 2.23. The van der Waals surface area contributed by atoms with Crippen molar-refractivity contribution < 1.29 is 28.7 Å². The maximum absolute atomic E-state index is 12.4. The van der Waals surface area contributed by atoms with Gasteiger partial charge in [0.25, 0.3) is 0 Å². The van der Waals surface area contributed by atoms with E-state index in [-0.39, 0.29) is 38.4 Å². The summed E-state index contributed by atoms with van der Waals surface area (Å²) in [6, 6.07) is -0.863. The second-order valence-corrected chi connectivity index (χ2v) is 10.1. The van der Waals surface area contributed by atoms with Crippen molar-refractivity contribution in [2.24, 2.45) is 5.73 Å². The Morgan fingerprint density at radius 1 is 1.03 bits per heavy atom. The van der Waals surface area contributed by atoms with Crippen molar-refractivity contribution in [1.82, 2.24) is 16.0 Å². The zero-order valence-corrected chi connectivity index (χ0v) is 20.2. The van der Waals surface area contributed by atoms with Gasteiger partial charge in [-0.3, -0.25) is 14.4 Å². The fourth-order valence-corrected chi connectivity index (χ4v) is 2.35. The molecule has 0 rings (SSSR count). The van der Waals surface area contributed by atoms with E-state index in [2.05, 4.69) is 16.0 Å². The quantitative estimate of drug-likeness (QED) is 0.178. The SMILES string of the molecule is CC(C)(C)OC(=O)CNC(=O)[C@H](CCCCNC(=O)OCC(Cl)(Cl)Cl)NC(=O)CCN.